The molecule has 2 rings (SSSR count). The van der Waals surface area contributed by atoms with E-state index in [4.69, 9.17) is 0 Å². The summed E-state index contributed by atoms with van der Waals surface area (Å²) in [5.41, 5.74) is 1.06. The van der Waals surface area contributed by atoms with Gasteiger partial charge in [0.05, 0.1) is 3.79 Å². The van der Waals surface area contributed by atoms with E-state index in [0.717, 1.165) is 27.5 Å². The Kier molecular flexibility index (Phi) is 5.39. The minimum Gasteiger partial charge on any atom is -0.207 e. The second kappa shape index (κ2) is 6.83. The number of hydrogen-bond acceptors (Lipinski definition) is 1. The van der Waals surface area contributed by atoms with Gasteiger partial charge in [-0.25, -0.2) is 4.39 Å². The first-order valence-electron chi connectivity index (χ1n) is 5.72. The molecule has 0 amide bonds. The lowest BCUT2D eigenvalue weighted by Gasteiger charge is -2.13. The third-order valence-electron chi connectivity index (χ3n) is 2.75. The molecule has 4 heteroatoms. The molecule has 2 aromatic rings. The van der Waals surface area contributed by atoms with Crippen molar-refractivity contribution >= 4 is 43.2 Å². The maximum absolute atomic E-state index is 13.1. The summed E-state index contributed by atoms with van der Waals surface area (Å²) in [7, 11) is 0. The van der Waals surface area contributed by atoms with E-state index in [1.807, 2.05) is 6.07 Å². The van der Waals surface area contributed by atoms with Gasteiger partial charge in [-0.2, -0.15) is 0 Å². The maximum atomic E-state index is 13.1. The van der Waals surface area contributed by atoms with E-state index in [1.165, 1.54) is 10.9 Å². The van der Waals surface area contributed by atoms with Crippen molar-refractivity contribution in [1.29, 1.82) is 0 Å². The Labute approximate surface area is 127 Å². The van der Waals surface area contributed by atoms with Crippen LogP contribution in [0.2, 0.25) is 0 Å². The Bertz CT molecular complexity index is 510. The van der Waals surface area contributed by atoms with Gasteiger partial charge in [0.2, 0.25) is 0 Å². The molecule has 1 atom stereocenters. The lowest BCUT2D eigenvalue weighted by atomic mass is 9.97. The standard InChI is InChI=1S/C14H13Br2FS/c15-9-11(8-13-4-5-14(16)18-13)6-10-2-1-3-12(17)7-10/h1-5,7,11H,6,8-9H2. The van der Waals surface area contributed by atoms with Crippen LogP contribution in [0.3, 0.4) is 0 Å². The summed E-state index contributed by atoms with van der Waals surface area (Å²) in [6.45, 7) is 0. The van der Waals surface area contributed by atoms with Crippen LogP contribution in [0, 0.1) is 11.7 Å². The topological polar surface area (TPSA) is 0 Å². The molecule has 0 N–H and O–H groups in total. The van der Waals surface area contributed by atoms with Crippen LogP contribution in [0.1, 0.15) is 10.4 Å². The molecule has 1 aromatic carbocycles. The first-order valence-corrected chi connectivity index (χ1v) is 8.45. The van der Waals surface area contributed by atoms with Crippen LogP contribution in [0.15, 0.2) is 40.2 Å². The molecule has 96 valence electrons. The molecule has 1 aromatic heterocycles. The summed E-state index contributed by atoms with van der Waals surface area (Å²) in [5.74, 6) is 0.344. The Morgan fingerprint density at radius 3 is 2.61 bits per heavy atom. The number of thiophene rings is 1. The summed E-state index contributed by atoms with van der Waals surface area (Å²) in [6.07, 6.45) is 1.93. The zero-order valence-electron chi connectivity index (χ0n) is 9.70. The Balaban J connectivity index is 2.01. The second-order valence-corrected chi connectivity index (χ2v) is 7.46. The van der Waals surface area contributed by atoms with Crippen molar-refractivity contribution in [3.8, 4) is 0 Å². The largest absolute Gasteiger partial charge is 0.207 e. The van der Waals surface area contributed by atoms with Gasteiger partial charge < -0.3 is 0 Å². The molecule has 0 radical (unpaired) electrons. The second-order valence-electron chi connectivity index (χ2n) is 4.26. The van der Waals surface area contributed by atoms with Gasteiger partial charge in [0.25, 0.3) is 0 Å². The average Bonchev–Trinajstić information content (AvgIpc) is 2.74. The van der Waals surface area contributed by atoms with Gasteiger partial charge in [-0.15, -0.1) is 11.3 Å². The van der Waals surface area contributed by atoms with E-state index in [1.54, 1.807) is 23.5 Å². The van der Waals surface area contributed by atoms with Gasteiger partial charge in [-0.05, 0) is 64.5 Å². The Hall–Kier alpha value is -0.190. The van der Waals surface area contributed by atoms with Gasteiger partial charge in [-0.1, -0.05) is 28.1 Å². The van der Waals surface area contributed by atoms with E-state index in [2.05, 4.69) is 44.0 Å². The fraction of sp³-hybridized carbons (Fsp3) is 0.286. The van der Waals surface area contributed by atoms with Gasteiger partial charge in [0.15, 0.2) is 0 Å². The summed E-state index contributed by atoms with van der Waals surface area (Å²) < 4.78 is 14.3. The predicted octanol–water partition coefficient (Wildman–Crippen LogP) is 5.45. The number of halogens is 3. The van der Waals surface area contributed by atoms with E-state index in [0.29, 0.717) is 5.92 Å². The van der Waals surface area contributed by atoms with Crippen LogP contribution in [-0.4, -0.2) is 5.33 Å². The smallest absolute Gasteiger partial charge is 0.123 e. The zero-order valence-corrected chi connectivity index (χ0v) is 13.7. The highest BCUT2D eigenvalue weighted by atomic mass is 79.9. The third kappa shape index (κ3) is 4.18. The van der Waals surface area contributed by atoms with Crippen LogP contribution in [0.25, 0.3) is 0 Å². The van der Waals surface area contributed by atoms with Gasteiger partial charge in [0, 0.05) is 10.2 Å². The molecule has 1 heterocycles. The molecular formula is C14H13Br2FS. The van der Waals surface area contributed by atoms with E-state index in [9.17, 15) is 4.39 Å². The minimum absolute atomic E-state index is 0.153. The molecule has 0 bridgehead atoms. The van der Waals surface area contributed by atoms with Crippen molar-refractivity contribution in [2.24, 2.45) is 5.92 Å². The van der Waals surface area contributed by atoms with Crippen molar-refractivity contribution in [3.63, 3.8) is 0 Å². The number of hydrogen-bond donors (Lipinski definition) is 0. The molecule has 0 fully saturated rings. The van der Waals surface area contributed by atoms with Crippen LogP contribution < -0.4 is 0 Å². The molecule has 0 aliphatic carbocycles. The molecule has 0 saturated carbocycles. The SMILES string of the molecule is Fc1cccc(CC(CBr)Cc2ccc(Br)s2)c1. The quantitative estimate of drug-likeness (QED) is 0.594. The molecule has 1 unspecified atom stereocenters. The Morgan fingerprint density at radius 2 is 2.00 bits per heavy atom. The Morgan fingerprint density at radius 1 is 1.17 bits per heavy atom. The van der Waals surface area contributed by atoms with Crippen molar-refractivity contribution < 1.29 is 4.39 Å². The fourth-order valence-electron chi connectivity index (χ4n) is 1.92. The molecule has 0 aliphatic heterocycles. The summed E-state index contributed by atoms with van der Waals surface area (Å²) in [5, 5.41) is 0.930. The number of rotatable bonds is 5. The average molecular weight is 392 g/mol. The normalized spacial score (nSPS) is 12.6. The third-order valence-corrected chi connectivity index (χ3v) is 5.31. The number of benzene rings is 1. The van der Waals surface area contributed by atoms with Crippen molar-refractivity contribution in [2.75, 3.05) is 5.33 Å². The lowest BCUT2D eigenvalue weighted by Crippen LogP contribution is -2.09. The van der Waals surface area contributed by atoms with Crippen molar-refractivity contribution in [2.45, 2.75) is 12.8 Å². The van der Waals surface area contributed by atoms with E-state index < -0.39 is 0 Å². The first-order chi connectivity index (χ1) is 8.67. The highest BCUT2D eigenvalue weighted by Crippen LogP contribution is 2.26. The van der Waals surface area contributed by atoms with E-state index in [-0.39, 0.29) is 5.82 Å². The molecule has 0 aliphatic rings. The minimum atomic E-state index is -0.153. The molecular weight excluding hydrogens is 379 g/mol. The van der Waals surface area contributed by atoms with Crippen LogP contribution in [0.5, 0.6) is 0 Å². The summed E-state index contributed by atoms with van der Waals surface area (Å²) in [4.78, 5) is 1.36. The van der Waals surface area contributed by atoms with Crippen LogP contribution >= 0.6 is 43.2 Å². The highest BCUT2D eigenvalue weighted by molar-refractivity contribution is 9.11. The van der Waals surface area contributed by atoms with E-state index >= 15 is 0 Å². The highest BCUT2D eigenvalue weighted by Gasteiger charge is 2.11. The van der Waals surface area contributed by atoms with Gasteiger partial charge >= 0.3 is 0 Å². The molecule has 0 nitrogen and oxygen atoms in total. The van der Waals surface area contributed by atoms with Crippen LogP contribution in [0.4, 0.5) is 4.39 Å². The predicted molar refractivity (Wildman–Crippen MR) is 83.1 cm³/mol. The maximum Gasteiger partial charge on any atom is 0.123 e. The summed E-state index contributed by atoms with van der Waals surface area (Å²) >= 11 is 8.80. The monoisotopic (exact) mass is 390 g/mol. The first kappa shape index (κ1) is 14.2. The van der Waals surface area contributed by atoms with Gasteiger partial charge in [0.1, 0.15) is 5.82 Å². The fourth-order valence-corrected chi connectivity index (χ4v) is 3.98. The summed E-state index contributed by atoms with van der Waals surface area (Å²) in [6, 6.07) is 11.1. The zero-order chi connectivity index (χ0) is 13.0. The van der Waals surface area contributed by atoms with Crippen molar-refractivity contribution in [3.05, 3.63) is 56.4 Å². The van der Waals surface area contributed by atoms with Crippen LogP contribution in [-0.2, 0) is 12.8 Å². The molecule has 18 heavy (non-hydrogen) atoms. The van der Waals surface area contributed by atoms with Gasteiger partial charge in [-0.3, -0.25) is 0 Å². The lowest BCUT2D eigenvalue weighted by molar-refractivity contribution is 0.586. The molecule has 0 spiro atoms. The molecule has 0 saturated heterocycles. The van der Waals surface area contributed by atoms with Crippen molar-refractivity contribution in [1.82, 2.24) is 0 Å². The number of alkyl halides is 1.